The van der Waals surface area contributed by atoms with Gasteiger partial charge in [0.1, 0.15) is 0 Å². The van der Waals surface area contributed by atoms with Gasteiger partial charge in [0, 0.05) is 15.7 Å². The van der Waals surface area contributed by atoms with Crippen molar-refractivity contribution in [3.05, 3.63) is 57.6 Å². The number of fused-ring (bicyclic) bond motifs is 1. The van der Waals surface area contributed by atoms with Gasteiger partial charge in [0.05, 0.1) is 20.6 Å². The molecule has 5 nitrogen and oxygen atoms in total. The highest BCUT2D eigenvalue weighted by molar-refractivity contribution is 9.10. The molecule has 0 spiro atoms. The lowest BCUT2D eigenvalue weighted by molar-refractivity contribution is -0.115. The number of anilines is 1. The van der Waals surface area contributed by atoms with Gasteiger partial charge in [0.25, 0.3) is 0 Å². The Morgan fingerprint density at radius 2 is 1.88 bits per heavy atom. The van der Waals surface area contributed by atoms with Crippen LogP contribution in [0.2, 0.25) is 0 Å². The lowest BCUT2D eigenvalue weighted by Crippen LogP contribution is -2.03. The summed E-state index contributed by atoms with van der Waals surface area (Å²) in [7, 11) is 3.13. The highest BCUT2D eigenvalue weighted by Gasteiger charge is 2.18. The second-order valence-corrected chi connectivity index (χ2v) is 6.38. The Balaban J connectivity index is 1.84. The number of nitrogens with one attached hydrogen (secondary N) is 1. The molecule has 0 aliphatic carbocycles. The zero-order valence-corrected chi connectivity index (χ0v) is 15.3. The Bertz CT molecular complexity index is 889. The number of allylic oxidation sites excluding steroid dienone is 1. The molecule has 0 fully saturated rings. The number of hydrogen-bond acceptors (Lipinski definition) is 4. The minimum Gasteiger partial charge on any atom is -0.493 e. The van der Waals surface area contributed by atoms with Gasteiger partial charge < -0.3 is 14.8 Å². The van der Waals surface area contributed by atoms with Gasteiger partial charge in [0.2, 0.25) is 5.91 Å². The maximum atomic E-state index is 12.4. The largest absolute Gasteiger partial charge is 0.493 e. The zero-order chi connectivity index (χ0) is 18.0. The standard InChI is InChI=1S/C19H16BrNO4/c1-24-17-8-11(14(20)10-18(17)25-2)4-6-16(22)12-3-5-15-13(7-12)9-19(23)21-15/h3-8,10H,9H2,1-2H3,(H,21,23)/b6-4+. The highest BCUT2D eigenvalue weighted by atomic mass is 79.9. The van der Waals surface area contributed by atoms with Gasteiger partial charge in [-0.2, -0.15) is 0 Å². The molecule has 2 aromatic rings. The average molecular weight is 402 g/mol. The molecule has 1 heterocycles. The van der Waals surface area contributed by atoms with Gasteiger partial charge >= 0.3 is 0 Å². The minimum absolute atomic E-state index is 0.0515. The Morgan fingerprint density at radius 1 is 1.16 bits per heavy atom. The average Bonchev–Trinajstić information content (AvgIpc) is 2.99. The highest BCUT2D eigenvalue weighted by Crippen LogP contribution is 2.34. The van der Waals surface area contributed by atoms with Crippen molar-refractivity contribution in [1.82, 2.24) is 0 Å². The van der Waals surface area contributed by atoms with Gasteiger partial charge in [-0.1, -0.05) is 15.9 Å². The fourth-order valence-electron chi connectivity index (χ4n) is 2.64. The lowest BCUT2D eigenvalue weighted by atomic mass is 10.0. The summed E-state index contributed by atoms with van der Waals surface area (Å²) in [6.07, 6.45) is 3.52. The van der Waals surface area contributed by atoms with Crippen LogP contribution in [-0.4, -0.2) is 25.9 Å². The van der Waals surface area contributed by atoms with Crippen LogP contribution in [0.4, 0.5) is 5.69 Å². The normalized spacial score (nSPS) is 12.8. The van der Waals surface area contributed by atoms with Gasteiger partial charge in [-0.05, 0) is 53.6 Å². The fraction of sp³-hybridized carbons (Fsp3) is 0.158. The first-order valence-electron chi connectivity index (χ1n) is 7.58. The maximum Gasteiger partial charge on any atom is 0.228 e. The van der Waals surface area contributed by atoms with E-state index in [1.807, 2.05) is 0 Å². The van der Waals surface area contributed by atoms with Crippen molar-refractivity contribution in [3.8, 4) is 11.5 Å². The molecule has 0 bridgehead atoms. The van der Waals surface area contributed by atoms with Crippen LogP contribution in [0.5, 0.6) is 11.5 Å². The molecular formula is C19H16BrNO4. The van der Waals surface area contributed by atoms with Crippen LogP contribution in [0.1, 0.15) is 21.5 Å². The van der Waals surface area contributed by atoms with E-state index in [1.54, 1.807) is 50.6 Å². The lowest BCUT2D eigenvalue weighted by Gasteiger charge is -2.09. The maximum absolute atomic E-state index is 12.4. The van der Waals surface area contributed by atoms with Crippen molar-refractivity contribution in [3.63, 3.8) is 0 Å². The van der Waals surface area contributed by atoms with Crippen LogP contribution in [0.15, 0.2) is 40.9 Å². The number of halogens is 1. The Kier molecular flexibility index (Phi) is 4.90. The Hall–Kier alpha value is -2.60. The first-order chi connectivity index (χ1) is 12.0. The van der Waals surface area contributed by atoms with E-state index in [4.69, 9.17) is 9.47 Å². The fourth-order valence-corrected chi connectivity index (χ4v) is 3.10. The SMILES string of the molecule is COc1cc(Br)c(/C=C/C(=O)c2ccc3c(c2)CC(=O)N3)cc1OC. The van der Waals surface area contributed by atoms with Crippen molar-refractivity contribution in [2.24, 2.45) is 0 Å². The van der Waals surface area contributed by atoms with Crippen LogP contribution >= 0.6 is 15.9 Å². The summed E-state index contributed by atoms with van der Waals surface area (Å²) >= 11 is 3.46. The van der Waals surface area contributed by atoms with Crippen LogP contribution in [0.25, 0.3) is 6.08 Å². The Labute approximate surface area is 153 Å². The van der Waals surface area contributed by atoms with E-state index in [0.717, 1.165) is 21.3 Å². The molecule has 0 saturated carbocycles. The summed E-state index contributed by atoms with van der Waals surface area (Å²) in [5.41, 5.74) is 2.96. The number of carbonyl (C=O) groups excluding carboxylic acids is 2. The topological polar surface area (TPSA) is 64.6 Å². The minimum atomic E-state index is -0.135. The van der Waals surface area contributed by atoms with E-state index in [1.165, 1.54) is 6.08 Å². The number of ether oxygens (including phenoxy) is 2. The first-order valence-corrected chi connectivity index (χ1v) is 8.38. The monoisotopic (exact) mass is 401 g/mol. The van der Waals surface area contributed by atoms with E-state index in [-0.39, 0.29) is 11.7 Å². The molecular weight excluding hydrogens is 386 g/mol. The molecule has 2 aromatic carbocycles. The smallest absolute Gasteiger partial charge is 0.228 e. The predicted molar refractivity (Wildman–Crippen MR) is 99.4 cm³/mol. The van der Waals surface area contributed by atoms with Crippen molar-refractivity contribution in [2.75, 3.05) is 19.5 Å². The van der Waals surface area contributed by atoms with E-state index in [9.17, 15) is 9.59 Å². The first kappa shape index (κ1) is 17.2. The third-order valence-corrected chi connectivity index (χ3v) is 4.62. The number of rotatable bonds is 5. The van der Waals surface area contributed by atoms with Crippen LogP contribution < -0.4 is 14.8 Å². The molecule has 0 unspecified atom stereocenters. The van der Waals surface area contributed by atoms with Crippen molar-refractivity contribution in [1.29, 1.82) is 0 Å². The molecule has 128 valence electrons. The van der Waals surface area contributed by atoms with E-state index in [2.05, 4.69) is 21.2 Å². The van der Waals surface area contributed by atoms with Crippen LogP contribution in [0, 0.1) is 0 Å². The van der Waals surface area contributed by atoms with E-state index >= 15 is 0 Å². The Morgan fingerprint density at radius 3 is 2.60 bits per heavy atom. The van der Waals surface area contributed by atoms with Crippen molar-refractivity contribution < 1.29 is 19.1 Å². The quantitative estimate of drug-likeness (QED) is 0.610. The summed E-state index contributed by atoms with van der Waals surface area (Å²) < 4.78 is 11.3. The number of ketones is 1. The molecule has 0 saturated heterocycles. The number of benzene rings is 2. The van der Waals surface area contributed by atoms with Gasteiger partial charge in [-0.3, -0.25) is 9.59 Å². The second kappa shape index (κ2) is 7.11. The number of carbonyl (C=O) groups is 2. The van der Waals surface area contributed by atoms with Gasteiger partial charge in [-0.15, -0.1) is 0 Å². The molecule has 3 rings (SSSR count). The molecule has 1 N–H and O–H groups in total. The predicted octanol–water partition coefficient (Wildman–Crippen LogP) is 3.86. The van der Waals surface area contributed by atoms with Gasteiger partial charge in [-0.25, -0.2) is 0 Å². The second-order valence-electron chi connectivity index (χ2n) is 5.52. The zero-order valence-electron chi connectivity index (χ0n) is 13.8. The third kappa shape index (κ3) is 3.58. The van der Waals surface area contributed by atoms with E-state index in [0.29, 0.717) is 23.5 Å². The molecule has 25 heavy (non-hydrogen) atoms. The van der Waals surface area contributed by atoms with Crippen molar-refractivity contribution >= 4 is 39.4 Å². The third-order valence-electron chi connectivity index (χ3n) is 3.93. The summed E-state index contributed by atoms with van der Waals surface area (Å²) in [6.45, 7) is 0. The van der Waals surface area contributed by atoms with Gasteiger partial charge in [0.15, 0.2) is 17.3 Å². The molecule has 1 aliphatic heterocycles. The molecule has 1 amide bonds. The molecule has 6 heteroatoms. The summed E-state index contributed by atoms with van der Waals surface area (Å²) in [6, 6.07) is 8.80. The summed E-state index contributed by atoms with van der Waals surface area (Å²) in [5, 5.41) is 2.75. The number of amides is 1. The molecule has 0 aromatic heterocycles. The van der Waals surface area contributed by atoms with E-state index < -0.39 is 0 Å². The summed E-state index contributed by atoms with van der Waals surface area (Å²) in [4.78, 5) is 23.8. The van der Waals surface area contributed by atoms with Crippen LogP contribution in [0.3, 0.4) is 0 Å². The molecule has 0 radical (unpaired) electrons. The number of methoxy groups -OCH3 is 2. The van der Waals surface area contributed by atoms with Crippen LogP contribution in [-0.2, 0) is 11.2 Å². The molecule has 0 atom stereocenters. The molecule has 1 aliphatic rings. The summed E-state index contributed by atoms with van der Waals surface area (Å²) in [5.74, 6) is 1.00. The number of hydrogen-bond donors (Lipinski definition) is 1. The van der Waals surface area contributed by atoms with Crippen molar-refractivity contribution in [2.45, 2.75) is 6.42 Å².